The minimum absolute atomic E-state index is 0.0395. The molecule has 0 bridgehead atoms. The minimum atomic E-state index is -0.633. The molecule has 0 spiro atoms. The molecule has 4 nitrogen and oxygen atoms in total. The number of piperidine rings is 1. The zero-order valence-corrected chi connectivity index (χ0v) is 9.06. The molecular formula is C12H17NO3. The number of rotatable bonds is 2. The van der Waals surface area contributed by atoms with Gasteiger partial charge in [-0.2, -0.15) is 0 Å². The first-order chi connectivity index (χ1) is 7.68. The fourth-order valence-corrected chi connectivity index (χ4v) is 2.11. The van der Waals surface area contributed by atoms with E-state index in [2.05, 4.69) is 5.32 Å². The SMILES string of the molecule is Oc1ccc([C@H](O)[C@H]2CCCCN2)cc1O. The molecule has 0 aliphatic carbocycles. The van der Waals surface area contributed by atoms with Crippen LogP contribution >= 0.6 is 0 Å². The molecule has 88 valence electrons. The van der Waals surface area contributed by atoms with Gasteiger partial charge in [0.1, 0.15) is 0 Å². The molecule has 0 amide bonds. The molecule has 0 aromatic heterocycles. The fraction of sp³-hybridized carbons (Fsp3) is 0.500. The summed E-state index contributed by atoms with van der Waals surface area (Å²) in [4.78, 5) is 0. The Morgan fingerprint density at radius 3 is 2.62 bits per heavy atom. The Morgan fingerprint density at radius 1 is 1.19 bits per heavy atom. The highest BCUT2D eigenvalue weighted by atomic mass is 16.3. The van der Waals surface area contributed by atoms with Crippen LogP contribution in [-0.2, 0) is 0 Å². The van der Waals surface area contributed by atoms with E-state index in [1.807, 2.05) is 0 Å². The summed E-state index contributed by atoms with van der Waals surface area (Å²) in [7, 11) is 0. The summed E-state index contributed by atoms with van der Waals surface area (Å²) in [6, 6.07) is 4.49. The summed E-state index contributed by atoms with van der Waals surface area (Å²) in [5, 5.41) is 31.9. The van der Waals surface area contributed by atoms with Gasteiger partial charge in [-0.3, -0.25) is 0 Å². The average molecular weight is 223 g/mol. The second kappa shape index (κ2) is 4.72. The quantitative estimate of drug-likeness (QED) is 0.570. The van der Waals surface area contributed by atoms with Crippen molar-refractivity contribution >= 4 is 0 Å². The van der Waals surface area contributed by atoms with Gasteiger partial charge < -0.3 is 20.6 Å². The van der Waals surface area contributed by atoms with E-state index in [4.69, 9.17) is 0 Å². The lowest BCUT2D eigenvalue weighted by atomic mass is 9.95. The van der Waals surface area contributed by atoms with Crippen molar-refractivity contribution in [1.82, 2.24) is 5.32 Å². The van der Waals surface area contributed by atoms with Crippen molar-refractivity contribution in [3.8, 4) is 11.5 Å². The van der Waals surface area contributed by atoms with E-state index >= 15 is 0 Å². The van der Waals surface area contributed by atoms with Crippen LogP contribution in [-0.4, -0.2) is 27.9 Å². The Morgan fingerprint density at radius 2 is 2.00 bits per heavy atom. The molecule has 2 rings (SSSR count). The van der Waals surface area contributed by atoms with Crippen molar-refractivity contribution in [2.24, 2.45) is 0 Å². The van der Waals surface area contributed by atoms with Crippen LogP contribution in [0.15, 0.2) is 18.2 Å². The van der Waals surface area contributed by atoms with Crippen LogP contribution in [0.2, 0.25) is 0 Å². The largest absolute Gasteiger partial charge is 0.504 e. The average Bonchev–Trinajstić information content (AvgIpc) is 2.33. The Bertz CT molecular complexity index is 361. The fourth-order valence-electron chi connectivity index (χ4n) is 2.11. The maximum absolute atomic E-state index is 10.1. The van der Waals surface area contributed by atoms with Gasteiger partial charge in [0, 0.05) is 6.04 Å². The van der Waals surface area contributed by atoms with Crippen molar-refractivity contribution in [1.29, 1.82) is 0 Å². The lowest BCUT2D eigenvalue weighted by Gasteiger charge is -2.28. The van der Waals surface area contributed by atoms with Gasteiger partial charge in [-0.1, -0.05) is 12.5 Å². The van der Waals surface area contributed by atoms with Crippen LogP contribution in [0, 0.1) is 0 Å². The van der Waals surface area contributed by atoms with Crippen LogP contribution in [0.4, 0.5) is 0 Å². The summed E-state index contributed by atoms with van der Waals surface area (Å²) in [5.41, 5.74) is 0.634. The monoisotopic (exact) mass is 223 g/mol. The van der Waals surface area contributed by atoms with Gasteiger partial charge in [-0.05, 0) is 37.1 Å². The zero-order chi connectivity index (χ0) is 11.5. The van der Waals surface area contributed by atoms with Gasteiger partial charge in [0.2, 0.25) is 0 Å². The smallest absolute Gasteiger partial charge is 0.157 e. The number of benzene rings is 1. The van der Waals surface area contributed by atoms with Crippen LogP contribution in [0.25, 0.3) is 0 Å². The topological polar surface area (TPSA) is 72.7 Å². The van der Waals surface area contributed by atoms with Gasteiger partial charge in [-0.25, -0.2) is 0 Å². The highest BCUT2D eigenvalue weighted by Gasteiger charge is 2.23. The van der Waals surface area contributed by atoms with Crippen molar-refractivity contribution < 1.29 is 15.3 Å². The number of phenols is 2. The first-order valence-corrected chi connectivity index (χ1v) is 5.62. The van der Waals surface area contributed by atoms with Crippen molar-refractivity contribution in [3.05, 3.63) is 23.8 Å². The second-order valence-corrected chi connectivity index (χ2v) is 4.25. The molecule has 1 aliphatic rings. The molecule has 1 heterocycles. The molecule has 0 radical (unpaired) electrons. The highest BCUT2D eigenvalue weighted by molar-refractivity contribution is 5.41. The van der Waals surface area contributed by atoms with Crippen LogP contribution < -0.4 is 5.32 Å². The van der Waals surface area contributed by atoms with E-state index in [-0.39, 0.29) is 17.5 Å². The molecule has 1 fully saturated rings. The normalized spacial score (nSPS) is 22.9. The molecule has 0 saturated carbocycles. The van der Waals surface area contributed by atoms with Crippen LogP contribution in [0.5, 0.6) is 11.5 Å². The molecule has 1 aromatic rings. The molecule has 4 heteroatoms. The lowest BCUT2D eigenvalue weighted by molar-refractivity contribution is 0.113. The van der Waals surface area contributed by atoms with Crippen molar-refractivity contribution in [3.63, 3.8) is 0 Å². The van der Waals surface area contributed by atoms with E-state index in [1.165, 1.54) is 12.1 Å². The summed E-state index contributed by atoms with van der Waals surface area (Å²) in [5.74, 6) is -0.347. The molecule has 2 atom stereocenters. The van der Waals surface area contributed by atoms with Crippen LogP contribution in [0.3, 0.4) is 0 Å². The van der Waals surface area contributed by atoms with E-state index in [0.29, 0.717) is 5.56 Å². The molecule has 0 unspecified atom stereocenters. The number of aliphatic hydroxyl groups is 1. The Balaban J connectivity index is 2.12. The van der Waals surface area contributed by atoms with Gasteiger partial charge in [0.05, 0.1) is 6.10 Å². The number of phenolic OH excluding ortho intramolecular Hbond substituents is 2. The summed E-state index contributed by atoms with van der Waals surface area (Å²) in [6.07, 6.45) is 2.55. The van der Waals surface area contributed by atoms with Crippen molar-refractivity contribution in [2.45, 2.75) is 31.4 Å². The van der Waals surface area contributed by atoms with Crippen LogP contribution in [0.1, 0.15) is 30.9 Å². The van der Waals surface area contributed by atoms with Gasteiger partial charge in [0.15, 0.2) is 11.5 Å². The maximum Gasteiger partial charge on any atom is 0.157 e. The third kappa shape index (κ3) is 2.28. The third-order valence-electron chi connectivity index (χ3n) is 3.07. The number of hydrogen-bond acceptors (Lipinski definition) is 4. The molecule has 1 saturated heterocycles. The molecule has 1 aliphatic heterocycles. The van der Waals surface area contributed by atoms with E-state index < -0.39 is 6.10 Å². The first kappa shape index (κ1) is 11.2. The Labute approximate surface area is 94.5 Å². The zero-order valence-electron chi connectivity index (χ0n) is 9.06. The maximum atomic E-state index is 10.1. The standard InChI is InChI=1S/C12H17NO3/c14-10-5-4-8(7-11(10)15)12(16)9-3-1-2-6-13-9/h4-5,7,9,12-16H,1-3,6H2/t9-,12+/m1/s1. The number of nitrogens with one attached hydrogen (secondary N) is 1. The van der Waals surface area contributed by atoms with Gasteiger partial charge in [0.25, 0.3) is 0 Å². The molecule has 16 heavy (non-hydrogen) atoms. The van der Waals surface area contributed by atoms with Crippen molar-refractivity contribution in [2.75, 3.05) is 6.54 Å². The van der Waals surface area contributed by atoms with E-state index in [0.717, 1.165) is 25.8 Å². The summed E-state index contributed by atoms with van der Waals surface area (Å²) >= 11 is 0. The summed E-state index contributed by atoms with van der Waals surface area (Å²) in [6.45, 7) is 0.922. The molecule has 4 N–H and O–H groups in total. The first-order valence-electron chi connectivity index (χ1n) is 5.62. The number of aliphatic hydroxyl groups excluding tert-OH is 1. The minimum Gasteiger partial charge on any atom is -0.504 e. The van der Waals surface area contributed by atoms with E-state index in [1.54, 1.807) is 6.07 Å². The number of hydrogen-bond donors (Lipinski definition) is 4. The van der Waals surface area contributed by atoms with E-state index in [9.17, 15) is 15.3 Å². The predicted molar refractivity (Wildman–Crippen MR) is 60.4 cm³/mol. The second-order valence-electron chi connectivity index (χ2n) is 4.25. The summed E-state index contributed by atoms with van der Waals surface area (Å²) < 4.78 is 0. The Hall–Kier alpha value is -1.26. The predicted octanol–water partition coefficient (Wildman–Crippen LogP) is 1.27. The Kier molecular flexibility index (Phi) is 3.31. The third-order valence-corrected chi connectivity index (χ3v) is 3.07. The number of aromatic hydroxyl groups is 2. The highest BCUT2D eigenvalue weighted by Crippen LogP contribution is 2.30. The van der Waals surface area contributed by atoms with Gasteiger partial charge in [-0.15, -0.1) is 0 Å². The molecular weight excluding hydrogens is 206 g/mol. The lowest BCUT2D eigenvalue weighted by Crippen LogP contribution is -2.38. The molecule has 1 aromatic carbocycles. The van der Waals surface area contributed by atoms with Gasteiger partial charge >= 0.3 is 0 Å².